The van der Waals surface area contributed by atoms with E-state index in [0.717, 1.165) is 12.2 Å². The van der Waals surface area contributed by atoms with Gasteiger partial charge in [-0.15, -0.1) is 0 Å². The number of thiol groups is 4. The molecule has 62 valence electrons. The fourth-order valence-electron chi connectivity index (χ4n) is 0.628. The molecule has 0 amide bonds. The molecule has 10 heavy (non-hydrogen) atoms. The summed E-state index contributed by atoms with van der Waals surface area (Å²) in [6.07, 6.45) is 0.987. The molecule has 0 heterocycles. The van der Waals surface area contributed by atoms with Gasteiger partial charge in [0, 0.05) is 16.3 Å². The Hall–Kier alpha value is 1.40. The molecule has 3 unspecified atom stereocenters. The Labute approximate surface area is 85.2 Å². The van der Waals surface area contributed by atoms with Gasteiger partial charge in [0.25, 0.3) is 0 Å². The molecule has 0 aliphatic carbocycles. The second-order valence-corrected chi connectivity index (χ2v) is 4.98. The second-order valence-electron chi connectivity index (χ2n) is 2.40. The van der Waals surface area contributed by atoms with E-state index in [1.807, 2.05) is 0 Å². The highest BCUT2D eigenvalue weighted by atomic mass is 32.1. The average Bonchev–Trinajstić information content (AvgIpc) is 1.85. The van der Waals surface area contributed by atoms with Crippen LogP contribution in [0.3, 0.4) is 0 Å². The lowest BCUT2D eigenvalue weighted by molar-refractivity contribution is 0.757. The van der Waals surface area contributed by atoms with Gasteiger partial charge in [0.05, 0.1) is 0 Å². The number of hydrogen-bond acceptors (Lipinski definition) is 4. The van der Waals surface area contributed by atoms with Crippen molar-refractivity contribution >= 4 is 50.5 Å². The first-order valence-electron chi connectivity index (χ1n) is 3.23. The fourth-order valence-corrected chi connectivity index (χ4v) is 1.99. The van der Waals surface area contributed by atoms with Gasteiger partial charge in [0.15, 0.2) is 0 Å². The van der Waals surface area contributed by atoms with Gasteiger partial charge in [0.1, 0.15) is 0 Å². The Balaban J connectivity index is 3.50. The molecule has 0 spiro atoms. The molecule has 0 aliphatic rings. The zero-order valence-corrected chi connectivity index (χ0v) is 9.51. The molecule has 0 saturated heterocycles. The van der Waals surface area contributed by atoms with E-state index in [1.54, 1.807) is 0 Å². The summed E-state index contributed by atoms with van der Waals surface area (Å²) < 4.78 is 0. The van der Waals surface area contributed by atoms with Crippen LogP contribution in [0.2, 0.25) is 0 Å². The van der Waals surface area contributed by atoms with Crippen molar-refractivity contribution in [2.45, 2.75) is 29.1 Å². The molecular formula is C6H14S4. The summed E-state index contributed by atoms with van der Waals surface area (Å²) in [5.74, 6) is 0.776. The standard InChI is InChI=1S/C6H14S4/c1-4(8)2-5(9)6(10)3-7/h4-10H,2-3H2,1H3. The first kappa shape index (κ1) is 11.4. The van der Waals surface area contributed by atoms with Crippen LogP contribution in [0.4, 0.5) is 0 Å². The number of hydrogen-bond donors (Lipinski definition) is 4. The topological polar surface area (TPSA) is 0 Å². The van der Waals surface area contributed by atoms with E-state index in [9.17, 15) is 0 Å². The van der Waals surface area contributed by atoms with Gasteiger partial charge in [-0.1, -0.05) is 6.92 Å². The third kappa shape index (κ3) is 5.10. The zero-order chi connectivity index (χ0) is 8.15. The number of rotatable bonds is 4. The molecule has 0 nitrogen and oxygen atoms in total. The van der Waals surface area contributed by atoms with Crippen LogP contribution in [0, 0.1) is 0 Å². The lowest BCUT2D eigenvalue weighted by atomic mass is 10.2. The summed E-state index contributed by atoms with van der Waals surface area (Å²) >= 11 is 17.1. The Kier molecular flexibility index (Phi) is 6.81. The van der Waals surface area contributed by atoms with Crippen LogP contribution < -0.4 is 0 Å². The second kappa shape index (κ2) is 5.98. The highest BCUT2D eigenvalue weighted by Crippen LogP contribution is 2.17. The van der Waals surface area contributed by atoms with Gasteiger partial charge in [-0.25, -0.2) is 0 Å². The highest BCUT2D eigenvalue weighted by Gasteiger charge is 2.13. The van der Waals surface area contributed by atoms with Crippen molar-refractivity contribution in [1.29, 1.82) is 0 Å². The Morgan fingerprint density at radius 3 is 1.90 bits per heavy atom. The molecule has 3 atom stereocenters. The molecule has 0 rings (SSSR count). The molecule has 0 radical (unpaired) electrons. The zero-order valence-electron chi connectivity index (χ0n) is 5.94. The van der Waals surface area contributed by atoms with E-state index in [-0.39, 0.29) is 5.25 Å². The maximum absolute atomic E-state index is 4.37. The highest BCUT2D eigenvalue weighted by molar-refractivity contribution is 7.87. The van der Waals surface area contributed by atoms with Crippen molar-refractivity contribution in [1.82, 2.24) is 0 Å². The molecule has 0 fully saturated rings. The van der Waals surface area contributed by atoms with Crippen molar-refractivity contribution in [2.24, 2.45) is 0 Å². The van der Waals surface area contributed by atoms with Gasteiger partial charge in [-0.3, -0.25) is 0 Å². The van der Waals surface area contributed by atoms with E-state index in [4.69, 9.17) is 0 Å². The summed E-state index contributed by atoms with van der Waals surface area (Å²) in [7, 11) is 0. The Morgan fingerprint density at radius 1 is 1.10 bits per heavy atom. The predicted octanol–water partition coefficient (Wildman–Crippen LogP) is 2.22. The maximum Gasteiger partial charge on any atom is 0.0222 e. The third-order valence-corrected chi connectivity index (χ3v) is 3.45. The third-order valence-electron chi connectivity index (χ3n) is 1.21. The summed E-state index contributed by atoms with van der Waals surface area (Å²) in [6, 6.07) is 0. The van der Waals surface area contributed by atoms with Crippen molar-refractivity contribution in [2.75, 3.05) is 5.75 Å². The van der Waals surface area contributed by atoms with Crippen LogP contribution in [0.25, 0.3) is 0 Å². The molecule has 0 aromatic heterocycles. The van der Waals surface area contributed by atoms with Crippen LogP contribution in [0.1, 0.15) is 13.3 Å². The van der Waals surface area contributed by atoms with Gasteiger partial charge < -0.3 is 0 Å². The molecule has 0 saturated carbocycles. The van der Waals surface area contributed by atoms with E-state index in [0.29, 0.717) is 10.5 Å². The SMILES string of the molecule is CC(S)CC(S)C(S)CS. The van der Waals surface area contributed by atoms with E-state index >= 15 is 0 Å². The minimum Gasteiger partial charge on any atom is -0.178 e. The summed E-state index contributed by atoms with van der Waals surface area (Å²) in [5, 5.41) is 0.992. The minimum absolute atomic E-state index is 0.279. The van der Waals surface area contributed by atoms with Crippen molar-refractivity contribution in [3.05, 3.63) is 0 Å². The first-order chi connectivity index (χ1) is 4.57. The van der Waals surface area contributed by atoms with Gasteiger partial charge >= 0.3 is 0 Å². The van der Waals surface area contributed by atoms with E-state index in [2.05, 4.69) is 57.4 Å². The molecule has 0 aromatic carbocycles. The lowest BCUT2D eigenvalue weighted by Gasteiger charge is -2.17. The van der Waals surface area contributed by atoms with Crippen LogP contribution in [0.15, 0.2) is 0 Å². The Morgan fingerprint density at radius 2 is 1.60 bits per heavy atom. The molecular weight excluding hydrogens is 200 g/mol. The monoisotopic (exact) mass is 214 g/mol. The smallest absolute Gasteiger partial charge is 0.0222 e. The Bertz CT molecular complexity index is 83.8. The predicted molar refractivity (Wildman–Crippen MR) is 62.5 cm³/mol. The molecule has 0 aliphatic heterocycles. The molecule has 0 N–H and O–H groups in total. The molecule has 4 heteroatoms. The van der Waals surface area contributed by atoms with Gasteiger partial charge in [0.2, 0.25) is 0 Å². The van der Waals surface area contributed by atoms with Crippen molar-refractivity contribution in [3.8, 4) is 0 Å². The first-order valence-corrected chi connectivity index (χ1v) is 5.41. The summed E-state index contributed by atoms with van der Waals surface area (Å²) in [5.41, 5.74) is 0. The average molecular weight is 214 g/mol. The van der Waals surface area contributed by atoms with Crippen LogP contribution in [-0.4, -0.2) is 21.5 Å². The van der Waals surface area contributed by atoms with Crippen molar-refractivity contribution < 1.29 is 0 Å². The molecule has 0 aromatic rings. The van der Waals surface area contributed by atoms with E-state index < -0.39 is 0 Å². The summed E-state index contributed by atoms with van der Waals surface area (Å²) in [4.78, 5) is 0. The normalized spacial score (nSPS) is 20.1. The maximum atomic E-state index is 4.37. The summed E-state index contributed by atoms with van der Waals surface area (Å²) in [6.45, 7) is 2.06. The van der Waals surface area contributed by atoms with Gasteiger partial charge in [-0.2, -0.15) is 50.5 Å². The van der Waals surface area contributed by atoms with Gasteiger partial charge in [-0.05, 0) is 11.7 Å². The fraction of sp³-hybridized carbons (Fsp3) is 1.00. The quantitative estimate of drug-likeness (QED) is 0.507. The van der Waals surface area contributed by atoms with Crippen LogP contribution in [-0.2, 0) is 0 Å². The van der Waals surface area contributed by atoms with E-state index in [1.165, 1.54) is 0 Å². The largest absolute Gasteiger partial charge is 0.178 e. The minimum atomic E-state index is 0.279. The lowest BCUT2D eigenvalue weighted by Crippen LogP contribution is -2.19. The van der Waals surface area contributed by atoms with Crippen LogP contribution in [0.5, 0.6) is 0 Å². The molecule has 0 bridgehead atoms. The van der Waals surface area contributed by atoms with Crippen molar-refractivity contribution in [3.63, 3.8) is 0 Å². The van der Waals surface area contributed by atoms with Crippen LogP contribution >= 0.6 is 50.5 Å².